The molecule has 1 N–H and O–H groups in total. The van der Waals surface area contributed by atoms with Crippen molar-refractivity contribution in [2.24, 2.45) is 0 Å². The van der Waals surface area contributed by atoms with Gasteiger partial charge in [-0.15, -0.1) is 0 Å². The van der Waals surface area contributed by atoms with Crippen molar-refractivity contribution in [2.75, 3.05) is 31.5 Å². The number of aryl methyl sites for hydroxylation is 1. The van der Waals surface area contributed by atoms with E-state index < -0.39 is 0 Å². The summed E-state index contributed by atoms with van der Waals surface area (Å²) in [6, 6.07) is 0. The number of hydrogen-bond donors (Lipinski definition) is 1. The van der Waals surface area contributed by atoms with Crippen molar-refractivity contribution in [1.29, 1.82) is 0 Å². The van der Waals surface area contributed by atoms with Gasteiger partial charge in [-0.1, -0.05) is 6.42 Å². The Morgan fingerprint density at radius 3 is 2.75 bits per heavy atom. The SMILES string of the molecule is c1nc2c(c(NCCCN3CCCC3)n1)CCCCC2. The number of rotatable bonds is 5. The van der Waals surface area contributed by atoms with Gasteiger partial charge in [0.2, 0.25) is 0 Å². The van der Waals surface area contributed by atoms with Gasteiger partial charge in [0.25, 0.3) is 0 Å². The summed E-state index contributed by atoms with van der Waals surface area (Å²) in [6.45, 7) is 4.84. The lowest BCUT2D eigenvalue weighted by Crippen LogP contribution is -2.22. The van der Waals surface area contributed by atoms with Gasteiger partial charge in [0.1, 0.15) is 12.1 Å². The van der Waals surface area contributed by atoms with Crippen molar-refractivity contribution in [1.82, 2.24) is 14.9 Å². The van der Waals surface area contributed by atoms with Gasteiger partial charge in [-0.2, -0.15) is 0 Å². The molecular formula is C16H26N4. The first-order valence-corrected chi connectivity index (χ1v) is 8.22. The quantitative estimate of drug-likeness (QED) is 0.662. The molecule has 20 heavy (non-hydrogen) atoms. The largest absolute Gasteiger partial charge is 0.370 e. The number of aromatic nitrogens is 2. The third-order valence-corrected chi connectivity index (χ3v) is 4.52. The number of anilines is 1. The summed E-state index contributed by atoms with van der Waals surface area (Å²) < 4.78 is 0. The Balaban J connectivity index is 1.51. The fourth-order valence-electron chi connectivity index (χ4n) is 3.37. The summed E-state index contributed by atoms with van der Waals surface area (Å²) in [7, 11) is 0. The maximum absolute atomic E-state index is 4.47. The zero-order valence-corrected chi connectivity index (χ0v) is 12.4. The monoisotopic (exact) mass is 274 g/mol. The first-order valence-electron chi connectivity index (χ1n) is 8.22. The van der Waals surface area contributed by atoms with E-state index in [4.69, 9.17) is 0 Å². The molecule has 4 heteroatoms. The van der Waals surface area contributed by atoms with E-state index in [2.05, 4.69) is 20.2 Å². The maximum Gasteiger partial charge on any atom is 0.132 e. The predicted molar refractivity (Wildman–Crippen MR) is 82.1 cm³/mol. The van der Waals surface area contributed by atoms with E-state index in [-0.39, 0.29) is 0 Å². The second-order valence-corrected chi connectivity index (χ2v) is 6.04. The average molecular weight is 274 g/mol. The molecule has 1 aliphatic carbocycles. The van der Waals surface area contributed by atoms with Gasteiger partial charge in [0, 0.05) is 17.8 Å². The van der Waals surface area contributed by atoms with Gasteiger partial charge < -0.3 is 10.2 Å². The Morgan fingerprint density at radius 1 is 1.00 bits per heavy atom. The zero-order chi connectivity index (χ0) is 13.6. The van der Waals surface area contributed by atoms with Crippen LogP contribution in [0.2, 0.25) is 0 Å². The van der Waals surface area contributed by atoms with Crippen LogP contribution in [0.3, 0.4) is 0 Å². The van der Waals surface area contributed by atoms with Crippen LogP contribution in [0.25, 0.3) is 0 Å². The number of fused-ring (bicyclic) bond motifs is 1. The molecule has 0 aromatic carbocycles. The maximum atomic E-state index is 4.47. The molecule has 0 saturated carbocycles. The first kappa shape index (κ1) is 13.8. The number of likely N-dealkylation sites (tertiary alicyclic amines) is 1. The van der Waals surface area contributed by atoms with Crippen molar-refractivity contribution in [3.05, 3.63) is 17.6 Å². The van der Waals surface area contributed by atoms with Crippen molar-refractivity contribution < 1.29 is 0 Å². The summed E-state index contributed by atoms with van der Waals surface area (Å²) in [5, 5.41) is 3.55. The van der Waals surface area contributed by atoms with Crippen LogP contribution in [0, 0.1) is 0 Å². The normalized spacial score (nSPS) is 19.6. The van der Waals surface area contributed by atoms with Crippen LogP contribution in [-0.2, 0) is 12.8 Å². The van der Waals surface area contributed by atoms with Crippen molar-refractivity contribution in [3.63, 3.8) is 0 Å². The third-order valence-electron chi connectivity index (χ3n) is 4.52. The van der Waals surface area contributed by atoms with E-state index in [1.54, 1.807) is 6.33 Å². The summed E-state index contributed by atoms with van der Waals surface area (Å²) in [4.78, 5) is 11.5. The van der Waals surface area contributed by atoms with Gasteiger partial charge >= 0.3 is 0 Å². The molecule has 0 bridgehead atoms. The van der Waals surface area contributed by atoms with Crippen LogP contribution in [0.4, 0.5) is 5.82 Å². The second-order valence-electron chi connectivity index (χ2n) is 6.04. The number of nitrogens with zero attached hydrogens (tertiary/aromatic N) is 3. The Labute approximate surface area is 122 Å². The van der Waals surface area contributed by atoms with E-state index in [1.807, 2.05) is 0 Å². The molecule has 1 saturated heterocycles. The molecule has 0 radical (unpaired) electrons. The van der Waals surface area contributed by atoms with Gasteiger partial charge in [-0.25, -0.2) is 9.97 Å². The highest BCUT2D eigenvalue weighted by Gasteiger charge is 2.14. The van der Waals surface area contributed by atoms with Crippen LogP contribution in [-0.4, -0.2) is 41.0 Å². The topological polar surface area (TPSA) is 41.1 Å². The molecule has 2 aliphatic rings. The molecule has 3 rings (SSSR count). The Hall–Kier alpha value is -1.16. The second kappa shape index (κ2) is 7.02. The molecule has 1 aromatic heterocycles. The van der Waals surface area contributed by atoms with E-state index in [9.17, 15) is 0 Å². The van der Waals surface area contributed by atoms with Gasteiger partial charge in [-0.3, -0.25) is 0 Å². The molecule has 2 heterocycles. The van der Waals surface area contributed by atoms with Crippen LogP contribution in [0.1, 0.15) is 49.8 Å². The lowest BCUT2D eigenvalue weighted by atomic mass is 10.1. The van der Waals surface area contributed by atoms with Crippen LogP contribution in [0.15, 0.2) is 6.33 Å². The van der Waals surface area contributed by atoms with Crippen LogP contribution < -0.4 is 5.32 Å². The number of hydrogen-bond acceptors (Lipinski definition) is 4. The fourth-order valence-corrected chi connectivity index (χ4v) is 3.37. The molecule has 1 aliphatic heterocycles. The molecule has 1 fully saturated rings. The molecule has 0 spiro atoms. The summed E-state index contributed by atoms with van der Waals surface area (Å²) in [5.41, 5.74) is 2.66. The van der Waals surface area contributed by atoms with Crippen molar-refractivity contribution in [2.45, 2.75) is 51.4 Å². The summed E-state index contributed by atoms with van der Waals surface area (Å²) in [5.74, 6) is 1.10. The van der Waals surface area contributed by atoms with Gasteiger partial charge in [0.15, 0.2) is 0 Å². The van der Waals surface area contributed by atoms with E-state index >= 15 is 0 Å². The molecule has 0 atom stereocenters. The standard InChI is InChI=1S/C16H26N4/c1-2-7-14-15(8-3-1)18-13-19-16(14)17-9-6-12-20-10-4-5-11-20/h13H,1-12H2,(H,17,18,19). The lowest BCUT2D eigenvalue weighted by molar-refractivity contribution is 0.337. The molecule has 1 aromatic rings. The van der Waals surface area contributed by atoms with Gasteiger partial charge in [0.05, 0.1) is 0 Å². The van der Waals surface area contributed by atoms with E-state index in [1.165, 1.54) is 69.4 Å². The average Bonchev–Trinajstić information content (AvgIpc) is 2.87. The summed E-state index contributed by atoms with van der Waals surface area (Å²) in [6.07, 6.45) is 11.8. The minimum absolute atomic E-state index is 1.03. The van der Waals surface area contributed by atoms with Crippen LogP contribution in [0.5, 0.6) is 0 Å². The van der Waals surface area contributed by atoms with E-state index in [0.717, 1.165) is 25.2 Å². The first-order chi connectivity index (χ1) is 9.93. The molecule has 0 unspecified atom stereocenters. The molecule has 110 valence electrons. The zero-order valence-electron chi connectivity index (χ0n) is 12.4. The number of nitrogens with one attached hydrogen (secondary N) is 1. The molecular weight excluding hydrogens is 248 g/mol. The van der Waals surface area contributed by atoms with Gasteiger partial charge in [-0.05, 0) is 64.6 Å². The molecule has 4 nitrogen and oxygen atoms in total. The van der Waals surface area contributed by atoms with Crippen molar-refractivity contribution >= 4 is 5.82 Å². The Morgan fingerprint density at radius 2 is 1.85 bits per heavy atom. The highest BCUT2D eigenvalue weighted by Crippen LogP contribution is 2.23. The molecule has 0 amide bonds. The minimum atomic E-state index is 1.03. The van der Waals surface area contributed by atoms with Crippen molar-refractivity contribution in [3.8, 4) is 0 Å². The summed E-state index contributed by atoms with van der Waals surface area (Å²) >= 11 is 0. The lowest BCUT2D eigenvalue weighted by Gasteiger charge is -2.16. The van der Waals surface area contributed by atoms with Crippen LogP contribution >= 0.6 is 0 Å². The van der Waals surface area contributed by atoms with E-state index in [0.29, 0.717) is 0 Å². The Kier molecular flexibility index (Phi) is 4.85. The smallest absolute Gasteiger partial charge is 0.132 e. The minimum Gasteiger partial charge on any atom is -0.370 e. The highest BCUT2D eigenvalue weighted by atomic mass is 15.1. The Bertz CT molecular complexity index is 426. The highest BCUT2D eigenvalue weighted by molar-refractivity contribution is 5.46. The third kappa shape index (κ3) is 3.48. The predicted octanol–water partition coefficient (Wildman–Crippen LogP) is 2.64. The fraction of sp³-hybridized carbons (Fsp3) is 0.750.